The van der Waals surface area contributed by atoms with Crippen LogP contribution in [0, 0.1) is 11.8 Å². The Bertz CT molecular complexity index is 439. The van der Waals surface area contributed by atoms with Crippen LogP contribution in [0.2, 0.25) is 0 Å². The molecule has 2 nitrogen and oxygen atoms in total. The van der Waals surface area contributed by atoms with Crippen molar-refractivity contribution in [2.45, 2.75) is 45.4 Å². The topological polar surface area (TPSA) is 26.3 Å². The zero-order chi connectivity index (χ0) is 14.0. The molecule has 0 spiro atoms. The van der Waals surface area contributed by atoms with Crippen LogP contribution in [0.5, 0.6) is 0 Å². The quantitative estimate of drug-likeness (QED) is 0.771. The Labute approximate surface area is 116 Å². The second-order valence-electron chi connectivity index (χ2n) is 6.61. The second-order valence-corrected chi connectivity index (χ2v) is 6.61. The number of rotatable bonds is 4. The molecular weight excluding hydrogens is 236 g/mol. The van der Waals surface area contributed by atoms with Gasteiger partial charge in [-0.15, -0.1) is 0 Å². The lowest BCUT2D eigenvalue weighted by atomic mass is 9.86. The standard InChI is InChI=1S/C17H24O2/c1-17(2,3)14-9-6-12(7-10-14)5-8-13-11-15(13)16(18)19-4/h6-7,9-10,13,15H,5,8,11H2,1-4H3. The second kappa shape index (κ2) is 5.36. The van der Waals surface area contributed by atoms with Gasteiger partial charge in [0.05, 0.1) is 13.0 Å². The number of benzene rings is 1. The predicted octanol–water partition coefficient (Wildman–Crippen LogP) is 3.73. The normalized spacial score (nSPS) is 22.1. The average molecular weight is 260 g/mol. The molecule has 1 aliphatic rings. The van der Waals surface area contributed by atoms with Crippen molar-refractivity contribution in [1.29, 1.82) is 0 Å². The van der Waals surface area contributed by atoms with Crippen molar-refractivity contribution in [3.8, 4) is 0 Å². The number of carbonyl (C=O) groups is 1. The van der Waals surface area contributed by atoms with E-state index in [1.54, 1.807) is 0 Å². The summed E-state index contributed by atoms with van der Waals surface area (Å²) < 4.78 is 4.77. The molecule has 1 aromatic carbocycles. The fourth-order valence-electron chi connectivity index (χ4n) is 2.53. The van der Waals surface area contributed by atoms with Crippen molar-refractivity contribution in [1.82, 2.24) is 0 Å². The van der Waals surface area contributed by atoms with Crippen molar-refractivity contribution >= 4 is 5.97 Å². The summed E-state index contributed by atoms with van der Waals surface area (Å²) >= 11 is 0. The van der Waals surface area contributed by atoms with Crippen LogP contribution in [0.3, 0.4) is 0 Å². The molecule has 2 unspecified atom stereocenters. The molecule has 0 radical (unpaired) electrons. The van der Waals surface area contributed by atoms with Crippen molar-refractivity contribution in [2.24, 2.45) is 11.8 Å². The van der Waals surface area contributed by atoms with E-state index in [0.29, 0.717) is 5.92 Å². The van der Waals surface area contributed by atoms with Crippen molar-refractivity contribution in [3.05, 3.63) is 35.4 Å². The molecule has 2 rings (SSSR count). The monoisotopic (exact) mass is 260 g/mol. The summed E-state index contributed by atoms with van der Waals surface area (Å²) in [4.78, 5) is 11.3. The first-order valence-electron chi connectivity index (χ1n) is 7.09. The third-order valence-electron chi connectivity index (χ3n) is 4.05. The number of aryl methyl sites for hydroxylation is 1. The molecule has 0 saturated heterocycles. The van der Waals surface area contributed by atoms with Crippen LogP contribution in [0.15, 0.2) is 24.3 Å². The molecule has 0 heterocycles. The van der Waals surface area contributed by atoms with Crippen molar-refractivity contribution in [3.63, 3.8) is 0 Å². The summed E-state index contributed by atoms with van der Waals surface area (Å²) in [6.07, 6.45) is 3.16. The van der Waals surface area contributed by atoms with Gasteiger partial charge in [-0.25, -0.2) is 0 Å². The van der Waals surface area contributed by atoms with Crippen LogP contribution >= 0.6 is 0 Å². The third kappa shape index (κ3) is 3.59. The molecule has 0 amide bonds. The summed E-state index contributed by atoms with van der Waals surface area (Å²) in [6.45, 7) is 6.69. The van der Waals surface area contributed by atoms with E-state index in [-0.39, 0.29) is 17.3 Å². The molecule has 1 aliphatic carbocycles. The first-order chi connectivity index (χ1) is 8.91. The van der Waals surface area contributed by atoms with Crippen LogP contribution < -0.4 is 0 Å². The Morgan fingerprint density at radius 1 is 1.26 bits per heavy atom. The maximum atomic E-state index is 11.3. The molecule has 2 atom stereocenters. The van der Waals surface area contributed by atoms with Crippen LogP contribution in [0.1, 0.15) is 44.7 Å². The van der Waals surface area contributed by atoms with Gasteiger partial charge in [-0.05, 0) is 41.7 Å². The van der Waals surface area contributed by atoms with Gasteiger partial charge in [-0.3, -0.25) is 4.79 Å². The third-order valence-corrected chi connectivity index (χ3v) is 4.05. The van der Waals surface area contributed by atoms with Crippen molar-refractivity contribution in [2.75, 3.05) is 7.11 Å². The average Bonchev–Trinajstić information content (AvgIpc) is 3.14. The number of esters is 1. The minimum atomic E-state index is -0.0342. The van der Waals surface area contributed by atoms with E-state index in [4.69, 9.17) is 4.74 Å². The lowest BCUT2D eigenvalue weighted by Crippen LogP contribution is -2.10. The first-order valence-corrected chi connectivity index (χ1v) is 7.09. The maximum Gasteiger partial charge on any atom is 0.308 e. The maximum absolute atomic E-state index is 11.3. The highest BCUT2D eigenvalue weighted by Gasteiger charge is 2.43. The van der Waals surface area contributed by atoms with Crippen molar-refractivity contribution < 1.29 is 9.53 Å². The van der Waals surface area contributed by atoms with E-state index in [2.05, 4.69) is 45.0 Å². The van der Waals surface area contributed by atoms with Crippen LogP contribution in [-0.4, -0.2) is 13.1 Å². The summed E-state index contributed by atoms with van der Waals surface area (Å²) in [6, 6.07) is 8.88. The predicted molar refractivity (Wildman–Crippen MR) is 77.1 cm³/mol. The van der Waals surface area contributed by atoms with Gasteiger partial charge in [0.1, 0.15) is 0 Å². The van der Waals surface area contributed by atoms with E-state index in [9.17, 15) is 4.79 Å². The zero-order valence-electron chi connectivity index (χ0n) is 12.4. The Morgan fingerprint density at radius 2 is 1.89 bits per heavy atom. The Balaban J connectivity index is 1.83. The highest BCUT2D eigenvalue weighted by atomic mass is 16.5. The van der Waals surface area contributed by atoms with Gasteiger partial charge in [0, 0.05) is 0 Å². The summed E-state index contributed by atoms with van der Waals surface area (Å²) in [5, 5.41) is 0. The van der Waals surface area contributed by atoms with Gasteiger partial charge >= 0.3 is 5.97 Å². The smallest absolute Gasteiger partial charge is 0.308 e. The highest BCUT2D eigenvalue weighted by molar-refractivity contribution is 5.75. The fourth-order valence-corrected chi connectivity index (χ4v) is 2.53. The van der Waals surface area contributed by atoms with E-state index in [1.165, 1.54) is 18.2 Å². The highest BCUT2D eigenvalue weighted by Crippen LogP contribution is 2.42. The van der Waals surface area contributed by atoms with E-state index < -0.39 is 0 Å². The molecular formula is C17H24O2. The number of hydrogen-bond donors (Lipinski definition) is 0. The van der Waals surface area contributed by atoms with Gasteiger partial charge in [0.2, 0.25) is 0 Å². The molecule has 104 valence electrons. The number of carbonyl (C=O) groups excluding carboxylic acids is 1. The molecule has 1 saturated carbocycles. The van der Waals surface area contributed by atoms with Gasteiger partial charge in [-0.2, -0.15) is 0 Å². The Hall–Kier alpha value is -1.31. The minimum absolute atomic E-state index is 0.0342. The molecule has 0 aliphatic heterocycles. The van der Waals surface area contributed by atoms with Crippen LogP contribution in [0.25, 0.3) is 0 Å². The van der Waals surface area contributed by atoms with E-state index >= 15 is 0 Å². The van der Waals surface area contributed by atoms with E-state index in [0.717, 1.165) is 19.3 Å². The molecule has 19 heavy (non-hydrogen) atoms. The number of ether oxygens (including phenoxy) is 1. The van der Waals surface area contributed by atoms with E-state index in [1.807, 2.05) is 0 Å². The first kappa shape index (κ1) is 14.1. The molecule has 2 heteroatoms. The Morgan fingerprint density at radius 3 is 2.42 bits per heavy atom. The fraction of sp³-hybridized carbons (Fsp3) is 0.588. The molecule has 1 aromatic rings. The lowest BCUT2D eigenvalue weighted by Gasteiger charge is -2.19. The molecule has 0 bridgehead atoms. The summed E-state index contributed by atoms with van der Waals surface area (Å²) in [7, 11) is 1.48. The largest absolute Gasteiger partial charge is 0.469 e. The lowest BCUT2D eigenvalue weighted by molar-refractivity contribution is -0.142. The molecule has 0 aromatic heterocycles. The summed E-state index contributed by atoms with van der Waals surface area (Å²) in [5.74, 6) is 0.668. The van der Waals surface area contributed by atoms with Gasteiger partial charge in [-0.1, -0.05) is 45.0 Å². The molecule has 1 fully saturated rings. The van der Waals surface area contributed by atoms with Gasteiger partial charge in [0.25, 0.3) is 0 Å². The number of methoxy groups -OCH3 is 1. The van der Waals surface area contributed by atoms with Gasteiger partial charge < -0.3 is 4.74 Å². The van der Waals surface area contributed by atoms with Crippen LogP contribution in [-0.2, 0) is 21.4 Å². The van der Waals surface area contributed by atoms with Gasteiger partial charge in [0.15, 0.2) is 0 Å². The van der Waals surface area contributed by atoms with Crippen LogP contribution in [0.4, 0.5) is 0 Å². The zero-order valence-corrected chi connectivity index (χ0v) is 12.4. The SMILES string of the molecule is COC(=O)C1CC1CCc1ccc(C(C)(C)C)cc1. The summed E-state index contributed by atoms with van der Waals surface area (Å²) in [5.41, 5.74) is 2.95. The Kier molecular flexibility index (Phi) is 3.98. The molecule has 0 N–H and O–H groups in total. The minimum Gasteiger partial charge on any atom is -0.469 e. The number of hydrogen-bond acceptors (Lipinski definition) is 2.